The SMILES string of the molecule is CN1C(C)(C)CC(OP(OC2CC(C)(C)N(O)C(C)(C)C2)OC2CC(C)(C)N(O)C(C)(C)C2)CC1(C)C. The Labute approximate surface area is 227 Å². The van der Waals surface area contributed by atoms with Gasteiger partial charge in [0.25, 0.3) is 0 Å². The zero-order chi connectivity index (χ0) is 28.4. The van der Waals surface area contributed by atoms with Crippen LogP contribution in [-0.4, -0.2) is 84.0 Å². The second kappa shape index (κ2) is 10.2. The van der Waals surface area contributed by atoms with E-state index in [0.717, 1.165) is 12.8 Å². The molecule has 0 amide bonds. The third-order valence-electron chi connectivity index (χ3n) is 9.18. The molecule has 0 unspecified atom stereocenters. The number of hydrogen-bond donors (Lipinski definition) is 2. The van der Waals surface area contributed by atoms with Crippen LogP contribution in [0.1, 0.15) is 122 Å². The van der Waals surface area contributed by atoms with Gasteiger partial charge < -0.3 is 24.0 Å². The quantitative estimate of drug-likeness (QED) is 0.356. The highest BCUT2D eigenvalue weighted by Gasteiger charge is 2.50. The summed E-state index contributed by atoms with van der Waals surface area (Å²) >= 11 is 0. The topological polar surface area (TPSA) is 77.9 Å². The van der Waals surface area contributed by atoms with Crippen molar-refractivity contribution in [1.82, 2.24) is 15.0 Å². The fourth-order valence-electron chi connectivity index (χ4n) is 7.30. The van der Waals surface area contributed by atoms with Crippen LogP contribution in [0, 0.1) is 0 Å². The van der Waals surface area contributed by atoms with E-state index in [-0.39, 0.29) is 29.4 Å². The predicted molar refractivity (Wildman–Crippen MR) is 149 cm³/mol. The van der Waals surface area contributed by atoms with Crippen molar-refractivity contribution in [2.24, 2.45) is 0 Å². The predicted octanol–water partition coefficient (Wildman–Crippen LogP) is 6.74. The lowest BCUT2D eigenvalue weighted by Gasteiger charge is -2.54. The Hall–Kier alpha value is 0.110. The first-order chi connectivity index (χ1) is 16.5. The number of hydroxylamine groups is 4. The summed E-state index contributed by atoms with van der Waals surface area (Å²) in [5.74, 6) is 0. The molecule has 0 saturated carbocycles. The van der Waals surface area contributed by atoms with Crippen molar-refractivity contribution in [3.05, 3.63) is 0 Å². The van der Waals surface area contributed by atoms with Crippen molar-refractivity contribution < 1.29 is 24.0 Å². The summed E-state index contributed by atoms with van der Waals surface area (Å²) in [6, 6.07) is 0. The standard InChI is InChI=1S/C28H56N3O5P/c1-23(2)14-20(15-24(3,4)29(23)13)34-37(35-21-16-25(5,6)30(32)26(7,8)17-21)36-22-18-27(9,10)31(33)28(11,12)19-22/h20-22,32-33H,14-19H2,1-13H3. The van der Waals surface area contributed by atoms with E-state index in [1.165, 1.54) is 10.1 Å². The number of rotatable bonds is 6. The van der Waals surface area contributed by atoms with Crippen LogP contribution in [0.15, 0.2) is 0 Å². The molecule has 0 aromatic rings. The van der Waals surface area contributed by atoms with Gasteiger partial charge in [0, 0.05) is 33.2 Å². The van der Waals surface area contributed by atoms with Gasteiger partial charge in [-0.3, -0.25) is 4.90 Å². The largest absolute Gasteiger partial charge is 0.333 e. The van der Waals surface area contributed by atoms with Crippen molar-refractivity contribution >= 4 is 8.60 Å². The van der Waals surface area contributed by atoms with Crippen LogP contribution in [0.5, 0.6) is 0 Å². The molecule has 2 N–H and O–H groups in total. The van der Waals surface area contributed by atoms with E-state index in [9.17, 15) is 10.4 Å². The molecule has 8 nitrogen and oxygen atoms in total. The average molecular weight is 546 g/mol. The van der Waals surface area contributed by atoms with Crippen LogP contribution in [0.25, 0.3) is 0 Å². The highest BCUT2D eigenvalue weighted by Crippen LogP contribution is 2.53. The number of nitrogens with zero attached hydrogens (tertiary/aromatic N) is 3. The monoisotopic (exact) mass is 545 g/mol. The van der Waals surface area contributed by atoms with E-state index in [2.05, 4.69) is 95.0 Å². The molecule has 3 aliphatic heterocycles. The van der Waals surface area contributed by atoms with Gasteiger partial charge in [-0.25, -0.2) is 0 Å². The molecule has 218 valence electrons. The molecule has 0 aromatic carbocycles. The van der Waals surface area contributed by atoms with Gasteiger partial charge in [0.05, 0.1) is 18.3 Å². The summed E-state index contributed by atoms with van der Waals surface area (Å²) < 4.78 is 20.3. The molecule has 0 radical (unpaired) electrons. The van der Waals surface area contributed by atoms with E-state index in [4.69, 9.17) is 13.6 Å². The minimum Gasteiger partial charge on any atom is -0.313 e. The number of likely N-dealkylation sites (tertiary alicyclic amines) is 1. The lowest BCUT2D eigenvalue weighted by atomic mass is 9.79. The molecule has 0 atom stereocenters. The van der Waals surface area contributed by atoms with Gasteiger partial charge in [0.15, 0.2) is 0 Å². The van der Waals surface area contributed by atoms with Gasteiger partial charge in [-0.2, -0.15) is 10.1 Å². The smallest absolute Gasteiger partial charge is 0.313 e. The summed E-state index contributed by atoms with van der Waals surface area (Å²) in [5, 5.41) is 24.6. The zero-order valence-corrected chi connectivity index (χ0v) is 26.8. The third-order valence-corrected chi connectivity index (χ3v) is 10.6. The second-order valence-electron chi connectivity index (χ2n) is 15.7. The van der Waals surface area contributed by atoms with E-state index < -0.39 is 30.8 Å². The van der Waals surface area contributed by atoms with Gasteiger partial charge in [-0.15, -0.1) is 0 Å². The van der Waals surface area contributed by atoms with Gasteiger partial charge in [0.2, 0.25) is 0 Å². The van der Waals surface area contributed by atoms with Crippen LogP contribution >= 0.6 is 8.60 Å². The maximum absolute atomic E-state index is 10.8. The molecule has 0 aromatic heterocycles. The summed E-state index contributed by atoms with van der Waals surface area (Å²) in [5.41, 5.74) is -1.69. The van der Waals surface area contributed by atoms with Crippen molar-refractivity contribution in [2.75, 3.05) is 7.05 Å². The highest BCUT2D eigenvalue weighted by atomic mass is 31.2. The molecule has 0 aliphatic carbocycles. The first-order valence-electron chi connectivity index (χ1n) is 14.0. The normalized spacial score (nSPS) is 31.1. The van der Waals surface area contributed by atoms with Crippen molar-refractivity contribution in [3.63, 3.8) is 0 Å². The van der Waals surface area contributed by atoms with E-state index in [1.807, 2.05) is 0 Å². The average Bonchev–Trinajstić information content (AvgIpc) is 2.67. The molecule has 0 spiro atoms. The minimum atomic E-state index is -1.64. The molecule has 3 saturated heterocycles. The van der Waals surface area contributed by atoms with Gasteiger partial charge in [0.1, 0.15) is 0 Å². The van der Waals surface area contributed by atoms with Gasteiger partial charge >= 0.3 is 8.60 Å². The highest BCUT2D eigenvalue weighted by molar-refractivity contribution is 7.41. The molecule has 3 aliphatic rings. The van der Waals surface area contributed by atoms with Crippen molar-refractivity contribution in [2.45, 2.75) is 173 Å². The Bertz CT molecular complexity index is 657. The van der Waals surface area contributed by atoms with Crippen LogP contribution in [0.2, 0.25) is 0 Å². The molecular formula is C28H56N3O5P. The van der Waals surface area contributed by atoms with E-state index >= 15 is 0 Å². The van der Waals surface area contributed by atoms with Crippen LogP contribution in [-0.2, 0) is 13.6 Å². The Morgan fingerprint density at radius 3 is 0.946 bits per heavy atom. The molecule has 37 heavy (non-hydrogen) atoms. The Morgan fingerprint density at radius 2 is 0.703 bits per heavy atom. The molecule has 3 rings (SSSR count). The number of hydrogen-bond acceptors (Lipinski definition) is 8. The fourth-order valence-corrected chi connectivity index (χ4v) is 8.63. The fraction of sp³-hybridized carbons (Fsp3) is 1.00. The maximum Gasteiger partial charge on any atom is 0.333 e. The minimum absolute atomic E-state index is 0.00809. The number of piperidine rings is 3. The van der Waals surface area contributed by atoms with E-state index in [0.29, 0.717) is 25.7 Å². The Balaban J connectivity index is 1.84. The van der Waals surface area contributed by atoms with Gasteiger partial charge in [-0.05, 0) is 129 Å². The van der Waals surface area contributed by atoms with Crippen molar-refractivity contribution in [1.29, 1.82) is 0 Å². The summed E-state index contributed by atoms with van der Waals surface area (Å²) in [6.07, 6.45) is 4.39. The Morgan fingerprint density at radius 1 is 0.486 bits per heavy atom. The lowest BCUT2D eigenvalue weighted by Crippen LogP contribution is -2.61. The van der Waals surface area contributed by atoms with Crippen molar-refractivity contribution in [3.8, 4) is 0 Å². The summed E-state index contributed by atoms with van der Waals surface area (Å²) in [6.45, 7) is 25.5. The lowest BCUT2D eigenvalue weighted by molar-refractivity contribution is -0.259. The second-order valence-corrected chi connectivity index (χ2v) is 16.8. The van der Waals surface area contributed by atoms with Crippen LogP contribution in [0.4, 0.5) is 0 Å². The molecular weight excluding hydrogens is 489 g/mol. The van der Waals surface area contributed by atoms with Gasteiger partial charge in [-0.1, -0.05) is 0 Å². The maximum atomic E-state index is 10.8. The van der Waals surface area contributed by atoms with E-state index in [1.54, 1.807) is 0 Å². The zero-order valence-electron chi connectivity index (χ0n) is 25.9. The third kappa shape index (κ3) is 6.89. The summed E-state index contributed by atoms with van der Waals surface area (Å²) in [4.78, 5) is 2.45. The molecule has 3 fully saturated rings. The van der Waals surface area contributed by atoms with Crippen LogP contribution < -0.4 is 0 Å². The van der Waals surface area contributed by atoms with Crippen LogP contribution in [0.3, 0.4) is 0 Å². The molecule has 0 bridgehead atoms. The first kappa shape index (κ1) is 31.6. The first-order valence-corrected chi connectivity index (χ1v) is 15.1. The summed E-state index contributed by atoms with van der Waals surface area (Å²) in [7, 11) is 0.561. The molecule has 9 heteroatoms. The molecule has 3 heterocycles. The Kier molecular flexibility index (Phi) is 8.71.